The minimum atomic E-state index is -0.519. The fourth-order valence-electron chi connectivity index (χ4n) is 2.02. The molecule has 1 aromatic heterocycles. The monoisotopic (exact) mass is 259 g/mol. The van der Waals surface area contributed by atoms with Crippen LogP contribution in [-0.4, -0.2) is 9.97 Å². The van der Waals surface area contributed by atoms with Crippen LogP contribution < -0.4 is 16.6 Å². The molecule has 0 spiro atoms. The summed E-state index contributed by atoms with van der Waals surface area (Å²) in [5.74, 6) is 0.386. The molecule has 0 saturated carbocycles. The Morgan fingerprint density at radius 2 is 1.95 bits per heavy atom. The minimum absolute atomic E-state index is 0.386. The molecule has 0 aliphatic carbocycles. The van der Waals surface area contributed by atoms with Gasteiger partial charge < -0.3 is 5.32 Å². The van der Waals surface area contributed by atoms with E-state index in [1.54, 1.807) is 0 Å². The Labute approximate surface area is 110 Å². The SMILES string of the molecule is CCCc1ccc(Nc2cc(=O)[nH]c(=O)[nH]2)cc1C. The molecular weight excluding hydrogens is 242 g/mol. The van der Waals surface area contributed by atoms with Gasteiger partial charge in [-0.1, -0.05) is 19.4 Å². The second kappa shape index (κ2) is 5.56. The van der Waals surface area contributed by atoms with Crippen molar-refractivity contribution in [2.45, 2.75) is 26.7 Å². The fourth-order valence-corrected chi connectivity index (χ4v) is 2.02. The highest BCUT2D eigenvalue weighted by atomic mass is 16.2. The summed E-state index contributed by atoms with van der Waals surface area (Å²) < 4.78 is 0. The average Bonchev–Trinajstić information content (AvgIpc) is 2.31. The van der Waals surface area contributed by atoms with Crippen LogP contribution in [-0.2, 0) is 6.42 Å². The van der Waals surface area contributed by atoms with E-state index in [-0.39, 0.29) is 0 Å². The van der Waals surface area contributed by atoms with Gasteiger partial charge in [0.05, 0.1) is 0 Å². The molecule has 19 heavy (non-hydrogen) atoms. The zero-order valence-corrected chi connectivity index (χ0v) is 11.0. The lowest BCUT2D eigenvalue weighted by Gasteiger charge is -2.09. The molecule has 2 rings (SSSR count). The van der Waals surface area contributed by atoms with Crippen molar-refractivity contribution in [3.63, 3.8) is 0 Å². The van der Waals surface area contributed by atoms with Crippen LogP contribution in [0.5, 0.6) is 0 Å². The summed E-state index contributed by atoms with van der Waals surface area (Å²) in [7, 11) is 0. The summed E-state index contributed by atoms with van der Waals surface area (Å²) in [4.78, 5) is 27.0. The standard InChI is InChI=1S/C14H17N3O2/c1-3-4-10-5-6-11(7-9(10)2)15-12-8-13(18)17-14(19)16-12/h5-8H,3-4H2,1-2H3,(H3,15,16,17,18,19). The first-order chi connectivity index (χ1) is 9.08. The molecule has 0 radical (unpaired) electrons. The number of H-pyrrole nitrogens is 2. The Hall–Kier alpha value is -2.30. The lowest BCUT2D eigenvalue weighted by Crippen LogP contribution is -2.22. The van der Waals surface area contributed by atoms with Gasteiger partial charge in [0.15, 0.2) is 0 Å². The quantitative estimate of drug-likeness (QED) is 0.786. The third-order valence-corrected chi connectivity index (χ3v) is 2.90. The van der Waals surface area contributed by atoms with E-state index in [2.05, 4.69) is 35.2 Å². The maximum atomic E-state index is 11.2. The number of rotatable bonds is 4. The highest BCUT2D eigenvalue weighted by molar-refractivity contribution is 5.57. The smallest absolute Gasteiger partial charge is 0.327 e. The zero-order valence-electron chi connectivity index (χ0n) is 11.0. The lowest BCUT2D eigenvalue weighted by molar-refractivity contribution is 0.913. The lowest BCUT2D eigenvalue weighted by atomic mass is 10.0. The molecule has 0 amide bonds. The first kappa shape index (κ1) is 13.1. The molecule has 5 heteroatoms. The number of benzene rings is 1. The molecule has 0 unspecified atom stereocenters. The maximum Gasteiger partial charge on any atom is 0.327 e. The van der Waals surface area contributed by atoms with Crippen molar-refractivity contribution in [3.05, 3.63) is 56.2 Å². The van der Waals surface area contributed by atoms with E-state index < -0.39 is 11.2 Å². The Morgan fingerprint density at radius 1 is 1.16 bits per heavy atom. The van der Waals surface area contributed by atoms with Crippen LogP contribution in [0, 0.1) is 6.92 Å². The van der Waals surface area contributed by atoms with Gasteiger partial charge in [0.2, 0.25) is 0 Å². The van der Waals surface area contributed by atoms with Crippen LogP contribution in [0.15, 0.2) is 33.9 Å². The largest absolute Gasteiger partial charge is 0.342 e. The van der Waals surface area contributed by atoms with Crippen LogP contribution in [0.4, 0.5) is 11.5 Å². The molecule has 100 valence electrons. The van der Waals surface area contributed by atoms with Crippen molar-refractivity contribution in [1.29, 1.82) is 0 Å². The number of anilines is 2. The maximum absolute atomic E-state index is 11.2. The highest BCUT2D eigenvalue weighted by Crippen LogP contribution is 2.18. The molecule has 0 aliphatic rings. The summed E-state index contributed by atoms with van der Waals surface area (Å²) in [6, 6.07) is 7.32. The topological polar surface area (TPSA) is 77.8 Å². The van der Waals surface area contributed by atoms with Crippen LogP contribution in [0.1, 0.15) is 24.5 Å². The summed E-state index contributed by atoms with van der Waals surface area (Å²) >= 11 is 0. The van der Waals surface area contributed by atoms with E-state index in [9.17, 15) is 9.59 Å². The number of aryl methyl sites for hydroxylation is 2. The second-order valence-electron chi connectivity index (χ2n) is 4.52. The third-order valence-electron chi connectivity index (χ3n) is 2.90. The van der Waals surface area contributed by atoms with Crippen LogP contribution in [0.25, 0.3) is 0 Å². The van der Waals surface area contributed by atoms with E-state index >= 15 is 0 Å². The van der Waals surface area contributed by atoms with Gasteiger partial charge >= 0.3 is 5.69 Å². The van der Waals surface area contributed by atoms with E-state index in [4.69, 9.17) is 0 Å². The summed E-state index contributed by atoms with van der Waals surface area (Å²) in [5, 5.41) is 3.02. The molecule has 0 aliphatic heterocycles. The number of nitrogens with one attached hydrogen (secondary N) is 3. The van der Waals surface area contributed by atoms with Crippen molar-refractivity contribution in [1.82, 2.24) is 9.97 Å². The first-order valence-electron chi connectivity index (χ1n) is 6.28. The van der Waals surface area contributed by atoms with Crippen molar-refractivity contribution >= 4 is 11.5 Å². The van der Waals surface area contributed by atoms with Gasteiger partial charge in [0.1, 0.15) is 5.82 Å². The Kier molecular flexibility index (Phi) is 3.85. The van der Waals surface area contributed by atoms with E-state index in [1.807, 2.05) is 12.1 Å². The van der Waals surface area contributed by atoms with Gasteiger partial charge in [-0.2, -0.15) is 0 Å². The average molecular weight is 259 g/mol. The van der Waals surface area contributed by atoms with Gasteiger partial charge in [0, 0.05) is 11.8 Å². The van der Waals surface area contributed by atoms with Crippen LogP contribution in [0.3, 0.4) is 0 Å². The van der Waals surface area contributed by atoms with Crippen molar-refractivity contribution in [2.75, 3.05) is 5.32 Å². The Bertz CT molecular complexity index is 657. The van der Waals surface area contributed by atoms with Gasteiger partial charge in [0.25, 0.3) is 5.56 Å². The molecule has 5 nitrogen and oxygen atoms in total. The molecule has 0 saturated heterocycles. The number of aromatic amines is 2. The number of hydrogen-bond donors (Lipinski definition) is 3. The van der Waals surface area contributed by atoms with Crippen LogP contribution >= 0.6 is 0 Å². The van der Waals surface area contributed by atoms with Gasteiger partial charge in [-0.3, -0.25) is 14.8 Å². The van der Waals surface area contributed by atoms with Gasteiger partial charge in [-0.25, -0.2) is 4.79 Å². The molecule has 0 bridgehead atoms. The Balaban J connectivity index is 2.26. The van der Waals surface area contributed by atoms with Gasteiger partial charge in [-0.15, -0.1) is 0 Å². The highest BCUT2D eigenvalue weighted by Gasteiger charge is 2.01. The molecule has 1 heterocycles. The summed E-state index contributed by atoms with van der Waals surface area (Å²) in [6.45, 7) is 4.20. The van der Waals surface area contributed by atoms with Crippen molar-refractivity contribution < 1.29 is 0 Å². The minimum Gasteiger partial charge on any atom is -0.342 e. The second-order valence-corrected chi connectivity index (χ2v) is 4.52. The van der Waals surface area contributed by atoms with E-state index in [0.29, 0.717) is 5.82 Å². The Morgan fingerprint density at radius 3 is 2.58 bits per heavy atom. The van der Waals surface area contributed by atoms with Gasteiger partial charge in [-0.05, 0) is 36.6 Å². The molecule has 2 aromatic rings. The predicted octanol–water partition coefficient (Wildman–Crippen LogP) is 2.07. The molecule has 0 atom stereocenters. The summed E-state index contributed by atoms with van der Waals surface area (Å²) in [6.07, 6.45) is 2.16. The fraction of sp³-hybridized carbons (Fsp3) is 0.286. The number of hydrogen-bond acceptors (Lipinski definition) is 3. The normalized spacial score (nSPS) is 10.4. The first-order valence-corrected chi connectivity index (χ1v) is 6.28. The summed E-state index contributed by atoms with van der Waals surface area (Å²) in [5.41, 5.74) is 2.41. The molecule has 3 N–H and O–H groups in total. The third kappa shape index (κ3) is 3.34. The molecule has 0 fully saturated rings. The van der Waals surface area contributed by atoms with Crippen LogP contribution in [0.2, 0.25) is 0 Å². The van der Waals surface area contributed by atoms with E-state index in [1.165, 1.54) is 17.2 Å². The molecule has 1 aromatic carbocycles. The zero-order chi connectivity index (χ0) is 13.8. The molecular formula is C14H17N3O2. The van der Waals surface area contributed by atoms with E-state index in [0.717, 1.165) is 18.5 Å². The van der Waals surface area contributed by atoms with Crippen molar-refractivity contribution in [2.24, 2.45) is 0 Å². The van der Waals surface area contributed by atoms with Crippen molar-refractivity contribution in [3.8, 4) is 0 Å². The number of aromatic nitrogens is 2. The predicted molar refractivity (Wildman–Crippen MR) is 76.1 cm³/mol.